The molecule has 128 valence electrons. The molecule has 0 bridgehead atoms. The van der Waals surface area contributed by atoms with E-state index < -0.39 is 11.7 Å². The van der Waals surface area contributed by atoms with Gasteiger partial charge in [0.15, 0.2) is 0 Å². The zero-order valence-corrected chi connectivity index (χ0v) is 14.2. The van der Waals surface area contributed by atoms with Crippen LogP contribution in [0.1, 0.15) is 38.4 Å². The summed E-state index contributed by atoms with van der Waals surface area (Å²) < 4.78 is 13.2. The van der Waals surface area contributed by atoms with E-state index in [9.17, 15) is 14.0 Å². The van der Waals surface area contributed by atoms with Gasteiger partial charge in [-0.15, -0.1) is 11.3 Å². The van der Waals surface area contributed by atoms with Crippen LogP contribution in [0.4, 0.5) is 9.39 Å². The summed E-state index contributed by atoms with van der Waals surface area (Å²) in [5.41, 5.74) is 6.43. The number of anilines is 1. The highest BCUT2D eigenvalue weighted by molar-refractivity contribution is 7.18. The lowest BCUT2D eigenvalue weighted by Crippen LogP contribution is -2.24. The summed E-state index contributed by atoms with van der Waals surface area (Å²) in [5.74, 6) is -1.05. The molecular weight excluding hydrogens is 329 g/mol. The van der Waals surface area contributed by atoms with E-state index in [1.807, 2.05) is 6.92 Å². The van der Waals surface area contributed by atoms with Gasteiger partial charge in [0, 0.05) is 12.1 Å². The van der Waals surface area contributed by atoms with Gasteiger partial charge in [-0.3, -0.25) is 9.59 Å². The number of nitrogens with one attached hydrogen (secondary N) is 2. The van der Waals surface area contributed by atoms with Crippen LogP contribution in [0.15, 0.2) is 30.3 Å². The molecule has 0 aliphatic heterocycles. The molecule has 4 N–H and O–H groups in total. The minimum Gasteiger partial charge on any atom is -0.351 e. The molecule has 2 amide bonds. The number of benzene rings is 1. The second-order valence-electron chi connectivity index (χ2n) is 5.34. The van der Waals surface area contributed by atoms with Crippen molar-refractivity contribution in [2.45, 2.75) is 19.8 Å². The molecule has 0 saturated heterocycles. The van der Waals surface area contributed by atoms with Gasteiger partial charge in [0.2, 0.25) is 0 Å². The molecule has 0 aliphatic rings. The first-order valence-electron chi connectivity index (χ1n) is 7.67. The molecule has 2 aromatic rings. The summed E-state index contributed by atoms with van der Waals surface area (Å²) in [6, 6.07) is 7.19. The maximum atomic E-state index is 13.2. The molecule has 0 saturated carbocycles. The summed E-state index contributed by atoms with van der Waals surface area (Å²) in [4.78, 5) is 24.8. The number of thiophene rings is 1. The number of nitrogens with two attached hydrogens (primary N) is 1. The molecule has 5 nitrogen and oxygen atoms in total. The Bertz CT molecular complexity index is 730. The van der Waals surface area contributed by atoms with Crippen molar-refractivity contribution in [2.75, 3.05) is 18.4 Å². The van der Waals surface area contributed by atoms with Gasteiger partial charge in [-0.1, -0.05) is 6.07 Å². The Morgan fingerprint density at radius 3 is 2.71 bits per heavy atom. The maximum Gasteiger partial charge on any atom is 0.261 e. The van der Waals surface area contributed by atoms with Crippen LogP contribution in [-0.4, -0.2) is 24.9 Å². The highest BCUT2D eigenvalue weighted by Gasteiger charge is 2.15. The van der Waals surface area contributed by atoms with Crippen LogP contribution in [0.5, 0.6) is 0 Å². The molecule has 2 rings (SSSR count). The monoisotopic (exact) mass is 349 g/mol. The number of amides is 2. The summed E-state index contributed by atoms with van der Waals surface area (Å²) >= 11 is 1.20. The molecule has 7 heteroatoms. The van der Waals surface area contributed by atoms with E-state index >= 15 is 0 Å². The molecule has 0 spiro atoms. The minimum absolute atomic E-state index is 0.166. The Morgan fingerprint density at radius 2 is 2.00 bits per heavy atom. The standard InChI is InChI=1S/C17H20FN3O2S/c1-11-9-14(21-16(22)12-5-4-6-13(18)10-12)24-15(11)17(23)20-8-3-2-7-19/h4-6,9-10H,2-3,7-8,19H2,1H3,(H,20,23)(H,21,22). The van der Waals surface area contributed by atoms with Crippen molar-refractivity contribution in [3.63, 3.8) is 0 Å². The summed E-state index contributed by atoms with van der Waals surface area (Å²) in [6.45, 7) is 2.98. The van der Waals surface area contributed by atoms with Gasteiger partial charge in [-0.25, -0.2) is 4.39 Å². The number of halogens is 1. The van der Waals surface area contributed by atoms with Crippen LogP contribution in [0.25, 0.3) is 0 Å². The van der Waals surface area contributed by atoms with Gasteiger partial charge in [0.1, 0.15) is 5.82 Å². The highest BCUT2D eigenvalue weighted by Crippen LogP contribution is 2.27. The summed E-state index contributed by atoms with van der Waals surface area (Å²) in [7, 11) is 0. The number of hydrogen-bond donors (Lipinski definition) is 3. The third-order valence-corrected chi connectivity index (χ3v) is 4.52. The quantitative estimate of drug-likeness (QED) is 0.672. The van der Waals surface area contributed by atoms with Crippen molar-refractivity contribution < 1.29 is 14.0 Å². The second-order valence-corrected chi connectivity index (χ2v) is 6.39. The maximum absolute atomic E-state index is 13.2. The number of unbranched alkanes of at least 4 members (excludes halogenated alkanes) is 1. The smallest absolute Gasteiger partial charge is 0.261 e. The Labute approximate surface area is 144 Å². The van der Waals surface area contributed by atoms with Gasteiger partial charge < -0.3 is 16.4 Å². The summed E-state index contributed by atoms with van der Waals surface area (Å²) in [5, 5.41) is 6.08. The van der Waals surface area contributed by atoms with Crippen LogP contribution in [-0.2, 0) is 0 Å². The Kier molecular flexibility index (Phi) is 6.45. The molecule has 0 fully saturated rings. The summed E-state index contributed by atoms with van der Waals surface area (Å²) in [6.07, 6.45) is 1.69. The van der Waals surface area contributed by atoms with E-state index in [2.05, 4.69) is 10.6 Å². The molecule has 1 aromatic carbocycles. The predicted molar refractivity (Wildman–Crippen MR) is 94.0 cm³/mol. The third-order valence-electron chi connectivity index (χ3n) is 3.36. The highest BCUT2D eigenvalue weighted by atomic mass is 32.1. The zero-order chi connectivity index (χ0) is 17.5. The number of rotatable bonds is 7. The first-order valence-corrected chi connectivity index (χ1v) is 8.48. The molecule has 1 aromatic heterocycles. The van der Waals surface area contributed by atoms with E-state index in [1.165, 1.54) is 35.6 Å². The molecule has 0 atom stereocenters. The van der Waals surface area contributed by atoms with Gasteiger partial charge >= 0.3 is 0 Å². The Morgan fingerprint density at radius 1 is 1.21 bits per heavy atom. The van der Waals surface area contributed by atoms with Crippen molar-refractivity contribution in [3.8, 4) is 0 Å². The molecule has 0 unspecified atom stereocenters. The number of hydrogen-bond acceptors (Lipinski definition) is 4. The third kappa shape index (κ3) is 4.87. The zero-order valence-electron chi connectivity index (χ0n) is 13.4. The molecular formula is C17H20FN3O2S. The molecule has 1 heterocycles. The van der Waals surface area contributed by atoms with Gasteiger partial charge in [-0.05, 0) is 56.1 Å². The molecule has 24 heavy (non-hydrogen) atoms. The van der Waals surface area contributed by atoms with Crippen molar-refractivity contribution in [1.82, 2.24) is 5.32 Å². The minimum atomic E-state index is -0.470. The SMILES string of the molecule is Cc1cc(NC(=O)c2cccc(F)c2)sc1C(=O)NCCCCN. The largest absolute Gasteiger partial charge is 0.351 e. The van der Waals surface area contributed by atoms with E-state index in [0.717, 1.165) is 18.4 Å². The fourth-order valence-corrected chi connectivity index (χ4v) is 3.12. The van der Waals surface area contributed by atoms with Crippen LogP contribution in [0.3, 0.4) is 0 Å². The predicted octanol–water partition coefficient (Wildman–Crippen LogP) is 2.92. The Balaban J connectivity index is 2.00. The van der Waals surface area contributed by atoms with Gasteiger partial charge in [0.05, 0.1) is 9.88 Å². The van der Waals surface area contributed by atoms with Gasteiger partial charge in [-0.2, -0.15) is 0 Å². The first-order chi connectivity index (χ1) is 11.5. The van der Waals surface area contributed by atoms with E-state index in [1.54, 1.807) is 6.07 Å². The lowest BCUT2D eigenvalue weighted by molar-refractivity contribution is 0.0955. The van der Waals surface area contributed by atoms with E-state index in [-0.39, 0.29) is 11.5 Å². The molecule has 0 aliphatic carbocycles. The van der Waals surface area contributed by atoms with Crippen molar-refractivity contribution in [3.05, 3.63) is 52.2 Å². The van der Waals surface area contributed by atoms with Crippen molar-refractivity contribution in [2.24, 2.45) is 5.73 Å². The van der Waals surface area contributed by atoms with Crippen LogP contribution in [0.2, 0.25) is 0 Å². The average molecular weight is 349 g/mol. The van der Waals surface area contributed by atoms with Crippen molar-refractivity contribution in [1.29, 1.82) is 0 Å². The first kappa shape index (κ1) is 18.1. The average Bonchev–Trinajstić information content (AvgIpc) is 2.92. The Hall–Kier alpha value is -2.25. The van der Waals surface area contributed by atoms with Crippen LogP contribution in [0, 0.1) is 12.7 Å². The van der Waals surface area contributed by atoms with E-state index in [0.29, 0.717) is 23.0 Å². The number of carbonyl (C=O) groups excluding carboxylic acids is 2. The number of carbonyl (C=O) groups is 2. The van der Waals surface area contributed by atoms with Gasteiger partial charge in [0.25, 0.3) is 11.8 Å². The van der Waals surface area contributed by atoms with Crippen LogP contribution < -0.4 is 16.4 Å². The number of aryl methyl sites for hydroxylation is 1. The normalized spacial score (nSPS) is 10.5. The fraction of sp³-hybridized carbons (Fsp3) is 0.294. The second kappa shape index (κ2) is 8.56. The van der Waals surface area contributed by atoms with E-state index in [4.69, 9.17) is 5.73 Å². The lowest BCUT2D eigenvalue weighted by Gasteiger charge is -2.04. The fourth-order valence-electron chi connectivity index (χ4n) is 2.13. The van der Waals surface area contributed by atoms with Crippen molar-refractivity contribution >= 4 is 28.2 Å². The lowest BCUT2D eigenvalue weighted by atomic mass is 10.2. The molecule has 0 radical (unpaired) electrons. The van der Waals surface area contributed by atoms with Crippen LogP contribution >= 0.6 is 11.3 Å². The topological polar surface area (TPSA) is 84.2 Å².